The number of aromatic nitrogens is 1. The zero-order valence-corrected chi connectivity index (χ0v) is 18.1. The van der Waals surface area contributed by atoms with Crippen molar-refractivity contribution in [2.75, 3.05) is 20.8 Å². The zero-order valence-electron chi connectivity index (χ0n) is 18.1. The number of carbonyl (C=O) groups is 1. The van der Waals surface area contributed by atoms with Crippen molar-refractivity contribution >= 4 is 17.0 Å². The number of carbonyl (C=O) groups excluding carboxylic acids is 1. The van der Waals surface area contributed by atoms with Crippen LogP contribution in [0, 0.1) is 0 Å². The molecule has 162 valence electrons. The van der Waals surface area contributed by atoms with E-state index in [4.69, 9.17) is 18.9 Å². The van der Waals surface area contributed by atoms with Crippen molar-refractivity contribution in [3.05, 3.63) is 78.2 Å². The maximum atomic E-state index is 13.2. The van der Waals surface area contributed by atoms with Gasteiger partial charge in [0.05, 0.1) is 14.2 Å². The molecule has 1 saturated heterocycles. The van der Waals surface area contributed by atoms with E-state index < -0.39 is 0 Å². The molecule has 0 saturated carbocycles. The molecule has 0 radical (unpaired) electrons. The number of amides is 1. The van der Waals surface area contributed by atoms with E-state index in [1.165, 1.54) is 0 Å². The van der Waals surface area contributed by atoms with Gasteiger partial charge in [0.1, 0.15) is 23.1 Å². The number of hydrogen-bond donors (Lipinski definition) is 0. The van der Waals surface area contributed by atoms with Crippen LogP contribution in [0.2, 0.25) is 0 Å². The Bertz CT molecular complexity index is 1280. The Hall–Kier alpha value is -3.80. The number of nitrogens with zero attached hydrogens (tertiary/aromatic N) is 2. The summed E-state index contributed by atoms with van der Waals surface area (Å²) >= 11 is 0. The highest BCUT2D eigenvalue weighted by Crippen LogP contribution is 2.36. The van der Waals surface area contributed by atoms with Crippen LogP contribution in [0.25, 0.3) is 22.2 Å². The number of benzene rings is 3. The zero-order chi connectivity index (χ0) is 22.1. The van der Waals surface area contributed by atoms with Gasteiger partial charge in [-0.2, -0.15) is 0 Å². The molecule has 0 N–H and O–H groups in total. The summed E-state index contributed by atoms with van der Waals surface area (Å²) in [7, 11) is 3.26. The van der Waals surface area contributed by atoms with E-state index in [2.05, 4.69) is 0 Å². The Morgan fingerprint density at radius 3 is 2.75 bits per heavy atom. The van der Waals surface area contributed by atoms with E-state index in [0.717, 1.165) is 35.2 Å². The SMILES string of the molecule is COc1cccc(C(=O)N2CCC[C@@H]2c2nc3cc(-c4ccccc4OC)ccc3o2)c1. The topological polar surface area (TPSA) is 64.8 Å². The van der Waals surface area contributed by atoms with Crippen molar-refractivity contribution in [3.63, 3.8) is 0 Å². The van der Waals surface area contributed by atoms with Gasteiger partial charge in [0, 0.05) is 17.7 Å². The molecule has 1 aliphatic heterocycles. The summed E-state index contributed by atoms with van der Waals surface area (Å²) in [6.45, 7) is 0.673. The van der Waals surface area contributed by atoms with Gasteiger partial charge in [0.2, 0.25) is 5.89 Å². The van der Waals surface area contributed by atoms with Gasteiger partial charge in [-0.3, -0.25) is 4.79 Å². The van der Waals surface area contributed by atoms with E-state index in [9.17, 15) is 4.79 Å². The molecule has 6 heteroatoms. The van der Waals surface area contributed by atoms with Crippen LogP contribution in [-0.4, -0.2) is 36.6 Å². The standard InChI is InChI=1S/C26H24N2O4/c1-30-19-8-5-7-18(15-19)26(29)28-14-6-10-22(28)25-27-21-16-17(12-13-24(21)32-25)20-9-3-4-11-23(20)31-2/h3-5,7-9,11-13,15-16,22H,6,10,14H2,1-2H3/t22-/m1/s1. The summed E-state index contributed by atoms with van der Waals surface area (Å²) in [6, 6.07) is 20.9. The van der Waals surface area contributed by atoms with Crippen LogP contribution in [0.3, 0.4) is 0 Å². The molecule has 5 rings (SSSR count). The lowest BCUT2D eigenvalue weighted by molar-refractivity contribution is 0.0716. The van der Waals surface area contributed by atoms with Crippen molar-refractivity contribution in [2.45, 2.75) is 18.9 Å². The largest absolute Gasteiger partial charge is 0.497 e. The first-order chi connectivity index (χ1) is 15.7. The van der Waals surface area contributed by atoms with Crippen LogP contribution in [0.4, 0.5) is 0 Å². The molecule has 1 atom stereocenters. The maximum Gasteiger partial charge on any atom is 0.254 e. The summed E-state index contributed by atoms with van der Waals surface area (Å²) in [4.78, 5) is 19.8. The molecule has 0 aliphatic carbocycles. The third-order valence-electron chi connectivity index (χ3n) is 5.94. The highest BCUT2D eigenvalue weighted by molar-refractivity contribution is 5.95. The molecule has 2 heterocycles. The third-order valence-corrected chi connectivity index (χ3v) is 5.94. The number of fused-ring (bicyclic) bond motifs is 1. The molecule has 0 bridgehead atoms. The van der Waals surface area contributed by atoms with Crippen LogP contribution in [0.15, 0.2) is 71.1 Å². The Kier molecular flexibility index (Phi) is 5.27. The lowest BCUT2D eigenvalue weighted by atomic mass is 10.0. The molecule has 1 amide bonds. The molecule has 1 fully saturated rings. The van der Waals surface area contributed by atoms with Gasteiger partial charge in [-0.25, -0.2) is 4.98 Å². The second kappa shape index (κ2) is 8.38. The van der Waals surface area contributed by atoms with E-state index in [1.807, 2.05) is 65.6 Å². The fourth-order valence-corrected chi connectivity index (χ4v) is 4.33. The number of ether oxygens (including phenoxy) is 2. The Labute approximate surface area is 186 Å². The van der Waals surface area contributed by atoms with Gasteiger partial charge >= 0.3 is 0 Å². The van der Waals surface area contributed by atoms with Gasteiger partial charge in [0.25, 0.3) is 5.91 Å². The number of oxazole rings is 1. The van der Waals surface area contributed by atoms with Gasteiger partial charge < -0.3 is 18.8 Å². The quantitative estimate of drug-likeness (QED) is 0.421. The molecule has 0 spiro atoms. The van der Waals surface area contributed by atoms with E-state index >= 15 is 0 Å². The monoisotopic (exact) mass is 428 g/mol. The van der Waals surface area contributed by atoms with Crippen LogP contribution < -0.4 is 9.47 Å². The van der Waals surface area contributed by atoms with E-state index in [1.54, 1.807) is 20.3 Å². The minimum atomic E-state index is -0.184. The molecule has 3 aromatic carbocycles. The number of para-hydroxylation sites is 1. The molecule has 32 heavy (non-hydrogen) atoms. The second-order valence-electron chi connectivity index (χ2n) is 7.82. The fraction of sp³-hybridized carbons (Fsp3) is 0.231. The van der Waals surface area contributed by atoms with Crippen LogP contribution >= 0.6 is 0 Å². The van der Waals surface area contributed by atoms with Gasteiger partial charge in [-0.15, -0.1) is 0 Å². The van der Waals surface area contributed by atoms with Crippen molar-refractivity contribution in [3.8, 4) is 22.6 Å². The lowest BCUT2D eigenvalue weighted by Gasteiger charge is -2.22. The predicted octanol–water partition coefficient (Wildman–Crippen LogP) is 5.49. The van der Waals surface area contributed by atoms with Gasteiger partial charge in [0.15, 0.2) is 5.58 Å². The van der Waals surface area contributed by atoms with E-state index in [0.29, 0.717) is 29.3 Å². The Balaban J connectivity index is 1.46. The molecule has 4 aromatic rings. The van der Waals surface area contributed by atoms with E-state index in [-0.39, 0.29) is 11.9 Å². The minimum absolute atomic E-state index is 0.0385. The van der Waals surface area contributed by atoms with Crippen molar-refractivity contribution in [1.82, 2.24) is 9.88 Å². The van der Waals surface area contributed by atoms with Crippen LogP contribution in [0.5, 0.6) is 11.5 Å². The van der Waals surface area contributed by atoms with Crippen molar-refractivity contribution in [2.24, 2.45) is 0 Å². The highest BCUT2D eigenvalue weighted by atomic mass is 16.5. The summed E-state index contributed by atoms with van der Waals surface area (Å²) in [5.41, 5.74) is 4.08. The fourth-order valence-electron chi connectivity index (χ4n) is 4.33. The highest BCUT2D eigenvalue weighted by Gasteiger charge is 2.34. The minimum Gasteiger partial charge on any atom is -0.497 e. The number of rotatable bonds is 5. The average Bonchev–Trinajstić information content (AvgIpc) is 3.50. The smallest absolute Gasteiger partial charge is 0.254 e. The Morgan fingerprint density at radius 1 is 1.03 bits per heavy atom. The molecule has 1 aliphatic rings. The summed E-state index contributed by atoms with van der Waals surface area (Å²) in [5, 5.41) is 0. The summed E-state index contributed by atoms with van der Waals surface area (Å²) in [5.74, 6) is 2.01. The van der Waals surface area contributed by atoms with Gasteiger partial charge in [-0.05, 0) is 54.8 Å². The van der Waals surface area contributed by atoms with Crippen molar-refractivity contribution in [1.29, 1.82) is 0 Å². The third kappa shape index (κ3) is 3.58. The lowest BCUT2D eigenvalue weighted by Crippen LogP contribution is -2.30. The number of methoxy groups -OCH3 is 2. The molecule has 6 nitrogen and oxygen atoms in total. The second-order valence-corrected chi connectivity index (χ2v) is 7.82. The normalized spacial score (nSPS) is 15.8. The average molecular weight is 428 g/mol. The Morgan fingerprint density at radius 2 is 1.91 bits per heavy atom. The van der Waals surface area contributed by atoms with Crippen LogP contribution in [0.1, 0.15) is 35.1 Å². The molecule has 1 aromatic heterocycles. The first kappa shape index (κ1) is 20.1. The predicted molar refractivity (Wildman–Crippen MR) is 122 cm³/mol. The molecule has 0 unspecified atom stereocenters. The first-order valence-corrected chi connectivity index (χ1v) is 10.7. The summed E-state index contributed by atoms with van der Waals surface area (Å²) < 4.78 is 16.9. The number of hydrogen-bond acceptors (Lipinski definition) is 5. The maximum absolute atomic E-state index is 13.2. The molecular formula is C26H24N2O4. The van der Waals surface area contributed by atoms with Crippen molar-refractivity contribution < 1.29 is 18.7 Å². The van der Waals surface area contributed by atoms with Gasteiger partial charge in [-0.1, -0.05) is 30.3 Å². The van der Waals surface area contributed by atoms with Crippen LogP contribution in [-0.2, 0) is 0 Å². The number of likely N-dealkylation sites (tertiary alicyclic amines) is 1. The first-order valence-electron chi connectivity index (χ1n) is 10.7. The summed E-state index contributed by atoms with van der Waals surface area (Å²) in [6.07, 6.45) is 1.73. The molecular weight excluding hydrogens is 404 g/mol.